The van der Waals surface area contributed by atoms with Crippen LogP contribution in [0.15, 0.2) is 70.7 Å². The maximum Gasteiger partial charge on any atom is 0.387 e. The Hall–Kier alpha value is -3.92. The zero-order valence-electron chi connectivity index (χ0n) is 21.8. The molecule has 2 amide bonds. The molecule has 7 nitrogen and oxygen atoms in total. The van der Waals surface area contributed by atoms with Gasteiger partial charge in [0, 0.05) is 27.2 Å². The minimum absolute atomic E-state index is 0.0576. The molecular formula is C29H27BrF2N2O5. The van der Waals surface area contributed by atoms with Crippen LogP contribution in [0.4, 0.5) is 13.6 Å². The van der Waals surface area contributed by atoms with Crippen LogP contribution in [0.5, 0.6) is 17.2 Å². The van der Waals surface area contributed by atoms with Crippen LogP contribution in [0.1, 0.15) is 35.2 Å². The Bertz CT molecular complexity index is 1430. The lowest BCUT2D eigenvalue weighted by Crippen LogP contribution is -2.47. The number of ketones is 1. The number of alkyl halides is 2. The van der Waals surface area contributed by atoms with Crippen LogP contribution in [-0.2, 0) is 11.3 Å². The highest BCUT2D eigenvalue weighted by Crippen LogP contribution is 2.41. The number of aryl methyl sites for hydroxylation is 1. The maximum atomic E-state index is 13.7. The summed E-state index contributed by atoms with van der Waals surface area (Å²) in [6, 6.07) is 15.5. The predicted octanol–water partition coefficient (Wildman–Crippen LogP) is 6.64. The van der Waals surface area contributed by atoms with Gasteiger partial charge >= 0.3 is 12.6 Å². The minimum Gasteiger partial charge on any atom is -0.497 e. The van der Waals surface area contributed by atoms with E-state index in [1.54, 1.807) is 61.5 Å². The summed E-state index contributed by atoms with van der Waals surface area (Å²) in [5.41, 5.74) is 2.85. The Morgan fingerprint density at radius 2 is 1.74 bits per heavy atom. The van der Waals surface area contributed by atoms with Gasteiger partial charge in [0.1, 0.15) is 17.2 Å². The van der Waals surface area contributed by atoms with E-state index in [-0.39, 0.29) is 29.2 Å². The molecule has 1 N–H and O–H groups in total. The number of ether oxygens (including phenoxy) is 3. The highest BCUT2D eigenvalue weighted by Gasteiger charge is 2.38. The Labute approximate surface area is 233 Å². The van der Waals surface area contributed by atoms with Gasteiger partial charge in [-0.1, -0.05) is 39.7 Å². The van der Waals surface area contributed by atoms with Crippen molar-refractivity contribution >= 4 is 33.4 Å². The average Bonchev–Trinajstić information content (AvgIpc) is 2.90. The third-order valence-corrected chi connectivity index (χ3v) is 6.87. The van der Waals surface area contributed by atoms with Crippen LogP contribution in [0.3, 0.4) is 0 Å². The van der Waals surface area contributed by atoms with E-state index >= 15 is 0 Å². The van der Waals surface area contributed by atoms with Crippen molar-refractivity contribution in [2.45, 2.75) is 33.0 Å². The summed E-state index contributed by atoms with van der Waals surface area (Å²) in [7, 11) is 3.05. The Balaban J connectivity index is 1.94. The third-order valence-electron chi connectivity index (χ3n) is 6.34. The first-order valence-corrected chi connectivity index (χ1v) is 12.8. The van der Waals surface area contributed by atoms with Gasteiger partial charge in [0.05, 0.1) is 32.5 Å². The van der Waals surface area contributed by atoms with E-state index in [1.165, 1.54) is 32.1 Å². The largest absolute Gasteiger partial charge is 0.497 e. The maximum absolute atomic E-state index is 13.7. The van der Waals surface area contributed by atoms with Gasteiger partial charge in [-0.05, 0) is 55.8 Å². The monoisotopic (exact) mass is 600 g/mol. The van der Waals surface area contributed by atoms with E-state index in [2.05, 4.69) is 21.2 Å². The molecule has 0 bridgehead atoms. The second-order valence-corrected chi connectivity index (χ2v) is 9.81. The van der Waals surface area contributed by atoms with E-state index in [0.717, 1.165) is 10.0 Å². The number of rotatable bonds is 9. The van der Waals surface area contributed by atoms with E-state index in [9.17, 15) is 18.4 Å². The van der Waals surface area contributed by atoms with Crippen molar-refractivity contribution in [2.24, 2.45) is 0 Å². The van der Waals surface area contributed by atoms with Gasteiger partial charge in [0.2, 0.25) is 0 Å². The predicted molar refractivity (Wildman–Crippen MR) is 146 cm³/mol. The summed E-state index contributed by atoms with van der Waals surface area (Å²) < 4.78 is 43.0. The molecule has 4 rings (SSSR count). The number of nitrogens with one attached hydrogen (secondary N) is 1. The van der Waals surface area contributed by atoms with Gasteiger partial charge in [-0.25, -0.2) is 4.79 Å². The number of methoxy groups -OCH3 is 2. The molecule has 1 unspecified atom stereocenters. The highest BCUT2D eigenvalue weighted by molar-refractivity contribution is 9.10. The summed E-state index contributed by atoms with van der Waals surface area (Å²) in [5, 5.41) is 2.86. The van der Waals surface area contributed by atoms with Crippen LogP contribution >= 0.6 is 15.9 Å². The van der Waals surface area contributed by atoms with Gasteiger partial charge in [-0.15, -0.1) is 0 Å². The lowest BCUT2D eigenvalue weighted by atomic mass is 9.88. The fourth-order valence-electron chi connectivity index (χ4n) is 4.58. The van der Waals surface area contributed by atoms with Crippen LogP contribution in [0, 0.1) is 6.92 Å². The Kier molecular flexibility index (Phi) is 8.54. The van der Waals surface area contributed by atoms with Gasteiger partial charge < -0.3 is 19.5 Å². The fraction of sp³-hybridized carbons (Fsp3) is 0.241. The molecule has 0 aliphatic carbocycles. The van der Waals surface area contributed by atoms with E-state index in [0.29, 0.717) is 28.3 Å². The van der Waals surface area contributed by atoms with Gasteiger partial charge in [-0.2, -0.15) is 8.78 Å². The van der Waals surface area contributed by atoms with Crippen molar-refractivity contribution in [3.8, 4) is 17.2 Å². The quantitative estimate of drug-likeness (QED) is 0.298. The molecule has 0 fully saturated rings. The number of urea groups is 1. The number of carbonyl (C=O) groups excluding carboxylic acids is 2. The van der Waals surface area contributed by atoms with E-state index in [1.807, 2.05) is 0 Å². The molecule has 1 atom stereocenters. The summed E-state index contributed by atoms with van der Waals surface area (Å²) in [5.74, 6) is 0.613. The number of carbonyl (C=O) groups is 2. The number of halogens is 3. The number of nitrogens with zero attached hydrogens (tertiary/aromatic N) is 1. The smallest absolute Gasteiger partial charge is 0.387 e. The molecule has 1 heterocycles. The molecule has 0 spiro atoms. The summed E-state index contributed by atoms with van der Waals surface area (Å²) in [6.45, 7) is 0.145. The van der Waals surface area contributed by atoms with Crippen molar-refractivity contribution in [1.82, 2.24) is 10.2 Å². The summed E-state index contributed by atoms with van der Waals surface area (Å²) >= 11 is 3.42. The fourth-order valence-corrected chi connectivity index (χ4v) is 4.84. The number of hydrogen-bond acceptors (Lipinski definition) is 5. The van der Waals surface area contributed by atoms with Crippen molar-refractivity contribution in [2.75, 3.05) is 14.2 Å². The van der Waals surface area contributed by atoms with Gasteiger partial charge in [-0.3, -0.25) is 9.69 Å². The molecule has 1 aliphatic heterocycles. The van der Waals surface area contributed by atoms with E-state index in [4.69, 9.17) is 14.2 Å². The molecule has 1 aliphatic rings. The lowest BCUT2D eigenvalue weighted by molar-refractivity contribution is -0.114. The molecule has 10 heteroatoms. The molecule has 0 saturated carbocycles. The van der Waals surface area contributed by atoms with Crippen LogP contribution in [-0.4, -0.2) is 37.5 Å². The first-order valence-electron chi connectivity index (χ1n) is 12.0. The van der Waals surface area contributed by atoms with E-state index < -0.39 is 18.7 Å². The average molecular weight is 601 g/mol. The normalized spacial score (nSPS) is 15.3. The Morgan fingerprint density at radius 3 is 2.36 bits per heavy atom. The topological polar surface area (TPSA) is 77.1 Å². The second kappa shape index (κ2) is 11.9. The minimum atomic E-state index is -3.08. The summed E-state index contributed by atoms with van der Waals surface area (Å²) in [6.07, 6.45) is 0. The number of Topliss-reactive ketones (excluding diaryl/α,β-unsaturated/α-hetero) is 1. The number of benzene rings is 3. The van der Waals surface area contributed by atoms with Crippen molar-refractivity contribution in [3.05, 3.63) is 93.0 Å². The first kappa shape index (κ1) is 28.1. The summed E-state index contributed by atoms with van der Waals surface area (Å²) in [4.78, 5) is 28.5. The van der Waals surface area contributed by atoms with Crippen molar-refractivity contribution < 1.29 is 32.6 Å². The number of amides is 2. The molecule has 0 saturated heterocycles. The molecule has 39 heavy (non-hydrogen) atoms. The van der Waals surface area contributed by atoms with Crippen LogP contribution < -0.4 is 19.5 Å². The van der Waals surface area contributed by atoms with Crippen LogP contribution in [0.2, 0.25) is 0 Å². The second-order valence-electron chi connectivity index (χ2n) is 8.89. The highest BCUT2D eigenvalue weighted by atomic mass is 79.9. The van der Waals surface area contributed by atoms with Crippen molar-refractivity contribution in [1.29, 1.82) is 0 Å². The number of hydrogen-bond donors (Lipinski definition) is 1. The first-order chi connectivity index (χ1) is 18.6. The van der Waals surface area contributed by atoms with Crippen LogP contribution in [0.25, 0.3) is 5.70 Å². The Morgan fingerprint density at radius 1 is 1.03 bits per heavy atom. The zero-order valence-corrected chi connectivity index (χ0v) is 23.3. The SMILES string of the molecule is COc1ccc(CN2C(=O)NC(c3cc(C)ccc3OC(F)F)C(C(C)=O)=C2c2ccc(Br)cc2)c(OC)c1. The molecule has 0 radical (unpaired) electrons. The molecule has 204 valence electrons. The van der Waals surface area contributed by atoms with Gasteiger partial charge in [0.15, 0.2) is 5.78 Å². The molecule has 3 aromatic rings. The van der Waals surface area contributed by atoms with Crippen molar-refractivity contribution in [3.63, 3.8) is 0 Å². The third kappa shape index (κ3) is 6.06. The van der Waals surface area contributed by atoms with Gasteiger partial charge in [0.25, 0.3) is 0 Å². The molecule has 3 aromatic carbocycles. The standard InChI is InChI=1S/C29H27BrF2N2O5/c1-16-5-12-23(39-28(31)32)22(13-16)26-25(17(2)35)27(18-6-9-20(30)10-7-18)34(29(36)33-26)15-19-8-11-21(37-3)14-24(19)38-4/h5-14,26,28H,15H2,1-4H3,(H,33,36). The zero-order chi connectivity index (χ0) is 28.3. The molecular weight excluding hydrogens is 574 g/mol. The lowest BCUT2D eigenvalue weighted by Gasteiger charge is -2.37. The molecule has 0 aromatic heterocycles.